The van der Waals surface area contributed by atoms with Gasteiger partial charge in [-0.2, -0.15) is 0 Å². The van der Waals surface area contributed by atoms with Crippen LogP contribution in [0.3, 0.4) is 0 Å². The minimum absolute atomic E-state index is 0.293. The molecule has 0 amide bonds. The van der Waals surface area contributed by atoms with E-state index in [1.807, 2.05) is 66.7 Å². The van der Waals surface area contributed by atoms with E-state index in [1.165, 1.54) is 0 Å². The third-order valence-corrected chi connectivity index (χ3v) is 3.86. The molecule has 2 aromatic rings. The molecular formula is C19H24Br2N2O2. The van der Waals surface area contributed by atoms with Crippen LogP contribution in [0, 0.1) is 6.92 Å². The molecule has 0 atom stereocenters. The quantitative estimate of drug-likeness (QED) is 0.490. The Hall–Kier alpha value is -1.14. The zero-order valence-electron chi connectivity index (χ0n) is 15.7. The van der Waals surface area contributed by atoms with E-state index in [1.54, 1.807) is 0 Å². The van der Waals surface area contributed by atoms with E-state index < -0.39 is 0 Å². The molecule has 0 fully saturated rings. The fraction of sp³-hybridized carbons (Fsp3) is 0.474. The van der Waals surface area contributed by atoms with Gasteiger partial charge in [0.2, 0.25) is 0 Å². The highest BCUT2D eigenvalue weighted by molar-refractivity contribution is 9.10. The molecule has 0 saturated carbocycles. The Bertz CT molecular complexity index is 778. The Balaban J connectivity index is 2.55. The van der Waals surface area contributed by atoms with Gasteiger partial charge in [0.05, 0.1) is 11.4 Å². The molecule has 0 aliphatic carbocycles. The smallest absolute Gasteiger partial charge is 0.127 e. The van der Waals surface area contributed by atoms with Crippen LogP contribution in [0.4, 0.5) is 0 Å². The van der Waals surface area contributed by atoms with Crippen LogP contribution in [0.15, 0.2) is 27.4 Å². The summed E-state index contributed by atoms with van der Waals surface area (Å²) in [6, 6.07) is 5.64. The lowest BCUT2D eigenvalue weighted by atomic mass is 10.1. The van der Waals surface area contributed by atoms with Gasteiger partial charge in [0.25, 0.3) is 0 Å². The van der Waals surface area contributed by atoms with Gasteiger partial charge in [0.15, 0.2) is 0 Å². The topological polar surface area (TPSA) is 44.2 Å². The Morgan fingerprint density at radius 2 is 1.36 bits per heavy atom. The van der Waals surface area contributed by atoms with Gasteiger partial charge in [0, 0.05) is 23.8 Å². The van der Waals surface area contributed by atoms with Gasteiger partial charge >= 0.3 is 0 Å². The summed E-state index contributed by atoms with van der Waals surface area (Å²) < 4.78 is 13.5. The Morgan fingerprint density at radius 3 is 1.92 bits per heavy atom. The van der Waals surface area contributed by atoms with E-state index in [0.717, 1.165) is 28.5 Å². The van der Waals surface area contributed by atoms with E-state index in [4.69, 9.17) is 9.47 Å². The van der Waals surface area contributed by atoms with Crippen LogP contribution in [0.2, 0.25) is 0 Å². The van der Waals surface area contributed by atoms with E-state index in [2.05, 4.69) is 41.8 Å². The van der Waals surface area contributed by atoms with Crippen molar-refractivity contribution in [1.29, 1.82) is 0 Å². The van der Waals surface area contributed by atoms with Crippen molar-refractivity contribution in [3.05, 3.63) is 33.0 Å². The average molecular weight is 472 g/mol. The first-order valence-corrected chi connectivity index (χ1v) is 9.66. The van der Waals surface area contributed by atoms with Crippen molar-refractivity contribution in [2.75, 3.05) is 0 Å². The SMILES string of the molecule is Cc1c(OC(C)(C)C)cc(Br)nc1-c1cc(OC(C)(C)C)cc(Br)n1. The van der Waals surface area contributed by atoms with E-state index >= 15 is 0 Å². The van der Waals surface area contributed by atoms with Crippen molar-refractivity contribution < 1.29 is 9.47 Å². The molecule has 25 heavy (non-hydrogen) atoms. The molecule has 136 valence electrons. The van der Waals surface area contributed by atoms with Crippen molar-refractivity contribution in [3.8, 4) is 22.9 Å². The summed E-state index contributed by atoms with van der Waals surface area (Å²) >= 11 is 6.94. The summed E-state index contributed by atoms with van der Waals surface area (Å²) in [7, 11) is 0. The molecule has 0 aliphatic rings. The highest BCUT2D eigenvalue weighted by atomic mass is 79.9. The number of halogens is 2. The second-order valence-corrected chi connectivity index (χ2v) is 9.48. The highest BCUT2D eigenvalue weighted by Gasteiger charge is 2.20. The molecule has 0 radical (unpaired) electrons. The Labute approximate surface area is 166 Å². The maximum atomic E-state index is 6.08. The van der Waals surface area contributed by atoms with Crippen LogP contribution in [-0.4, -0.2) is 21.2 Å². The molecule has 2 aromatic heterocycles. The second-order valence-electron chi connectivity index (χ2n) is 7.86. The highest BCUT2D eigenvalue weighted by Crippen LogP contribution is 2.34. The van der Waals surface area contributed by atoms with Crippen molar-refractivity contribution >= 4 is 31.9 Å². The maximum Gasteiger partial charge on any atom is 0.127 e. The van der Waals surface area contributed by atoms with E-state index in [0.29, 0.717) is 9.21 Å². The lowest BCUT2D eigenvalue weighted by Gasteiger charge is -2.24. The molecule has 0 N–H and O–H groups in total. The predicted octanol–water partition coefficient (Wildman–Crippen LogP) is 6.33. The summed E-state index contributed by atoms with van der Waals surface area (Å²) in [4.78, 5) is 9.18. The van der Waals surface area contributed by atoms with Gasteiger partial charge < -0.3 is 9.47 Å². The zero-order chi connectivity index (χ0) is 19.0. The largest absolute Gasteiger partial charge is 0.488 e. The lowest BCUT2D eigenvalue weighted by molar-refractivity contribution is 0.129. The first kappa shape index (κ1) is 20.2. The summed E-state index contributed by atoms with van der Waals surface area (Å²) in [6.45, 7) is 14.1. The molecule has 6 heteroatoms. The number of pyridine rings is 2. The second kappa shape index (κ2) is 7.23. The van der Waals surface area contributed by atoms with Crippen LogP contribution in [0.25, 0.3) is 11.4 Å². The van der Waals surface area contributed by atoms with E-state index in [-0.39, 0.29) is 11.2 Å². The predicted molar refractivity (Wildman–Crippen MR) is 108 cm³/mol. The van der Waals surface area contributed by atoms with Gasteiger partial charge in [-0.25, -0.2) is 9.97 Å². The van der Waals surface area contributed by atoms with Crippen molar-refractivity contribution in [2.24, 2.45) is 0 Å². The van der Waals surface area contributed by atoms with Gasteiger partial charge in [-0.3, -0.25) is 0 Å². The Morgan fingerprint density at radius 1 is 0.800 bits per heavy atom. The zero-order valence-corrected chi connectivity index (χ0v) is 18.9. The number of aromatic nitrogens is 2. The van der Waals surface area contributed by atoms with Crippen LogP contribution < -0.4 is 9.47 Å². The molecule has 0 saturated heterocycles. The summed E-state index contributed by atoms with van der Waals surface area (Å²) in [5.41, 5.74) is 1.83. The van der Waals surface area contributed by atoms with Crippen LogP contribution in [-0.2, 0) is 0 Å². The fourth-order valence-electron chi connectivity index (χ4n) is 2.25. The molecule has 4 nitrogen and oxygen atoms in total. The number of ether oxygens (including phenoxy) is 2. The third-order valence-electron chi connectivity index (χ3n) is 3.04. The van der Waals surface area contributed by atoms with Crippen LogP contribution in [0.1, 0.15) is 47.1 Å². The number of hydrogen-bond donors (Lipinski definition) is 0. The number of hydrogen-bond acceptors (Lipinski definition) is 4. The average Bonchev–Trinajstić information content (AvgIpc) is 2.38. The fourth-order valence-corrected chi connectivity index (χ4v) is 3.05. The first-order chi connectivity index (χ1) is 11.3. The lowest BCUT2D eigenvalue weighted by Crippen LogP contribution is -2.23. The summed E-state index contributed by atoms with van der Waals surface area (Å²) in [5.74, 6) is 1.52. The molecule has 0 aliphatic heterocycles. The maximum absolute atomic E-state index is 6.08. The standard InChI is InChI=1S/C19H24Br2N2O2/c1-11-14(25-19(5,6)7)10-16(21)23-17(11)13-8-12(9-15(20)22-13)24-18(2,3)4/h8-10H,1-7H3. The van der Waals surface area contributed by atoms with Gasteiger partial charge in [-0.1, -0.05) is 0 Å². The van der Waals surface area contributed by atoms with Crippen molar-refractivity contribution in [1.82, 2.24) is 9.97 Å². The van der Waals surface area contributed by atoms with Crippen molar-refractivity contribution in [3.63, 3.8) is 0 Å². The molecule has 0 bridgehead atoms. The van der Waals surface area contributed by atoms with Crippen molar-refractivity contribution in [2.45, 2.75) is 59.7 Å². The third kappa shape index (κ3) is 5.96. The summed E-state index contributed by atoms with van der Waals surface area (Å²) in [6.07, 6.45) is 0. The molecule has 0 unspecified atom stereocenters. The first-order valence-electron chi connectivity index (χ1n) is 8.07. The Kier molecular flexibility index (Phi) is 5.84. The normalized spacial score (nSPS) is 12.2. The monoisotopic (exact) mass is 470 g/mol. The van der Waals surface area contributed by atoms with Crippen LogP contribution >= 0.6 is 31.9 Å². The van der Waals surface area contributed by atoms with Crippen LogP contribution in [0.5, 0.6) is 11.5 Å². The van der Waals surface area contributed by atoms with Gasteiger partial charge in [-0.15, -0.1) is 0 Å². The van der Waals surface area contributed by atoms with Gasteiger partial charge in [0.1, 0.15) is 31.9 Å². The summed E-state index contributed by atoms with van der Waals surface area (Å²) in [5, 5.41) is 0. The minimum Gasteiger partial charge on any atom is -0.488 e. The number of rotatable bonds is 3. The molecule has 2 rings (SSSR count). The van der Waals surface area contributed by atoms with Gasteiger partial charge in [-0.05, 0) is 80.3 Å². The number of nitrogens with zero attached hydrogens (tertiary/aromatic N) is 2. The van der Waals surface area contributed by atoms with E-state index in [9.17, 15) is 0 Å². The molecule has 0 spiro atoms. The molecule has 0 aromatic carbocycles. The molecular weight excluding hydrogens is 448 g/mol. The minimum atomic E-state index is -0.298. The molecule has 2 heterocycles.